The van der Waals surface area contributed by atoms with Gasteiger partial charge in [0.2, 0.25) is 0 Å². The summed E-state index contributed by atoms with van der Waals surface area (Å²) < 4.78 is 18.7. The van der Waals surface area contributed by atoms with Gasteiger partial charge in [0.15, 0.2) is 0 Å². The van der Waals surface area contributed by atoms with E-state index in [2.05, 4.69) is 0 Å². The summed E-state index contributed by atoms with van der Waals surface area (Å²) in [7, 11) is 1.62. The molecule has 0 spiro atoms. The molecule has 4 heteroatoms. The third-order valence-electron chi connectivity index (χ3n) is 3.40. The van der Waals surface area contributed by atoms with E-state index >= 15 is 0 Å². The highest BCUT2D eigenvalue weighted by atomic mass is 35.5. The average molecular weight is 294 g/mol. The Morgan fingerprint density at radius 3 is 2.50 bits per heavy atom. The molecule has 1 atom stereocenters. The number of halogens is 2. The van der Waals surface area contributed by atoms with Crippen LogP contribution in [0.1, 0.15) is 28.3 Å². The lowest BCUT2D eigenvalue weighted by molar-refractivity contribution is 0.411. The van der Waals surface area contributed by atoms with Gasteiger partial charge in [-0.2, -0.15) is 0 Å². The van der Waals surface area contributed by atoms with Crippen molar-refractivity contribution in [3.05, 3.63) is 63.4 Å². The van der Waals surface area contributed by atoms with Gasteiger partial charge in [-0.25, -0.2) is 4.39 Å². The van der Waals surface area contributed by atoms with Crippen molar-refractivity contribution in [1.29, 1.82) is 0 Å². The summed E-state index contributed by atoms with van der Waals surface area (Å²) in [4.78, 5) is 0. The molecule has 2 aromatic rings. The zero-order valence-electron chi connectivity index (χ0n) is 11.7. The van der Waals surface area contributed by atoms with Crippen LogP contribution in [0, 0.1) is 19.7 Å². The lowest BCUT2D eigenvalue weighted by atomic mass is 9.96. The van der Waals surface area contributed by atoms with Crippen LogP contribution in [0.25, 0.3) is 0 Å². The first kappa shape index (κ1) is 14.8. The van der Waals surface area contributed by atoms with E-state index in [9.17, 15) is 4.39 Å². The first-order chi connectivity index (χ1) is 9.43. The van der Waals surface area contributed by atoms with Gasteiger partial charge in [0.1, 0.15) is 11.6 Å². The summed E-state index contributed by atoms with van der Waals surface area (Å²) in [5.41, 5.74) is 9.39. The Morgan fingerprint density at radius 1 is 1.15 bits per heavy atom. The third kappa shape index (κ3) is 2.79. The van der Waals surface area contributed by atoms with Gasteiger partial charge >= 0.3 is 0 Å². The normalized spacial score (nSPS) is 12.3. The van der Waals surface area contributed by atoms with Crippen LogP contribution in [0.5, 0.6) is 5.75 Å². The van der Waals surface area contributed by atoms with Crippen LogP contribution in [-0.4, -0.2) is 7.11 Å². The molecule has 0 radical (unpaired) electrons. The average Bonchev–Trinajstić information content (AvgIpc) is 2.42. The maximum atomic E-state index is 13.5. The predicted octanol–water partition coefficient (Wildman–Crippen LogP) is 4.15. The Morgan fingerprint density at radius 2 is 1.85 bits per heavy atom. The summed E-state index contributed by atoms with van der Waals surface area (Å²) in [6.07, 6.45) is 0. The van der Waals surface area contributed by atoms with E-state index in [1.165, 1.54) is 6.07 Å². The number of benzene rings is 2. The van der Waals surface area contributed by atoms with E-state index in [4.69, 9.17) is 22.1 Å². The topological polar surface area (TPSA) is 35.2 Å². The van der Waals surface area contributed by atoms with Gasteiger partial charge in [-0.15, -0.1) is 0 Å². The molecule has 106 valence electrons. The second kappa shape index (κ2) is 5.81. The van der Waals surface area contributed by atoms with Gasteiger partial charge < -0.3 is 10.5 Å². The molecule has 0 amide bonds. The minimum atomic E-state index is -0.420. The summed E-state index contributed by atoms with van der Waals surface area (Å²) in [6, 6.07) is 8.33. The third-order valence-corrected chi connectivity index (χ3v) is 3.73. The van der Waals surface area contributed by atoms with Crippen LogP contribution in [0.3, 0.4) is 0 Å². The lowest BCUT2D eigenvalue weighted by Crippen LogP contribution is -2.13. The van der Waals surface area contributed by atoms with Crippen molar-refractivity contribution in [2.24, 2.45) is 5.73 Å². The van der Waals surface area contributed by atoms with E-state index in [0.717, 1.165) is 16.9 Å². The molecule has 2 nitrogen and oxygen atoms in total. The van der Waals surface area contributed by atoms with Crippen LogP contribution in [0.2, 0.25) is 5.02 Å². The Bertz CT molecular complexity index is 643. The molecule has 0 fully saturated rings. The van der Waals surface area contributed by atoms with E-state index < -0.39 is 6.04 Å². The molecule has 0 saturated heterocycles. The smallest absolute Gasteiger partial charge is 0.127 e. The summed E-state index contributed by atoms with van der Waals surface area (Å²) >= 11 is 6.10. The number of nitrogens with two attached hydrogens (primary N) is 1. The molecule has 2 rings (SSSR count). The van der Waals surface area contributed by atoms with Crippen molar-refractivity contribution in [3.63, 3.8) is 0 Å². The minimum Gasteiger partial charge on any atom is -0.496 e. The molecule has 2 aromatic carbocycles. The highest BCUT2D eigenvalue weighted by Crippen LogP contribution is 2.31. The molecule has 0 saturated carbocycles. The molecule has 1 unspecified atom stereocenters. The van der Waals surface area contributed by atoms with Crippen LogP contribution in [0.15, 0.2) is 30.3 Å². The molecular formula is C16H17ClFNO. The fraction of sp³-hybridized carbons (Fsp3) is 0.250. The molecule has 0 aromatic heterocycles. The molecule has 2 N–H and O–H groups in total. The van der Waals surface area contributed by atoms with Gasteiger partial charge in [-0.1, -0.05) is 23.7 Å². The lowest BCUT2D eigenvalue weighted by Gasteiger charge is -2.17. The number of hydrogen-bond donors (Lipinski definition) is 1. The van der Waals surface area contributed by atoms with Crippen LogP contribution in [-0.2, 0) is 0 Å². The van der Waals surface area contributed by atoms with Crippen LogP contribution in [0.4, 0.5) is 4.39 Å². The monoisotopic (exact) mass is 293 g/mol. The van der Waals surface area contributed by atoms with Crippen molar-refractivity contribution in [2.75, 3.05) is 7.11 Å². The fourth-order valence-corrected chi connectivity index (χ4v) is 2.40. The molecular weight excluding hydrogens is 277 g/mol. The van der Waals surface area contributed by atoms with Crippen molar-refractivity contribution in [3.8, 4) is 5.75 Å². The Hall–Kier alpha value is -1.58. The largest absolute Gasteiger partial charge is 0.496 e. The first-order valence-electron chi connectivity index (χ1n) is 6.29. The molecule has 20 heavy (non-hydrogen) atoms. The second-order valence-corrected chi connectivity index (χ2v) is 5.24. The zero-order valence-corrected chi connectivity index (χ0v) is 12.5. The summed E-state index contributed by atoms with van der Waals surface area (Å²) in [5.74, 6) is 0.445. The molecule has 0 bridgehead atoms. The number of ether oxygens (including phenoxy) is 1. The molecule has 0 aliphatic heterocycles. The SMILES string of the molecule is COc1cc(C(N)c2cc(C)c(F)cc2Cl)ccc1C. The first-order valence-corrected chi connectivity index (χ1v) is 6.67. The van der Waals surface area contributed by atoms with Gasteiger partial charge in [0.05, 0.1) is 13.2 Å². The molecule has 0 heterocycles. The number of rotatable bonds is 3. The van der Waals surface area contributed by atoms with Gasteiger partial charge in [0.25, 0.3) is 0 Å². The number of hydrogen-bond acceptors (Lipinski definition) is 2. The second-order valence-electron chi connectivity index (χ2n) is 4.83. The summed E-state index contributed by atoms with van der Waals surface area (Å²) in [5, 5.41) is 0.333. The highest BCUT2D eigenvalue weighted by Gasteiger charge is 2.16. The standard InChI is InChI=1S/C16H17ClFNO/c1-9-4-5-11(7-15(9)20-3)16(19)12-6-10(2)14(18)8-13(12)17/h4-8,16H,19H2,1-3H3. The van der Waals surface area contributed by atoms with Crippen molar-refractivity contribution in [1.82, 2.24) is 0 Å². The Labute approximate surface area is 123 Å². The quantitative estimate of drug-likeness (QED) is 0.922. The highest BCUT2D eigenvalue weighted by molar-refractivity contribution is 6.31. The van der Waals surface area contributed by atoms with Gasteiger partial charge in [0, 0.05) is 5.02 Å². The van der Waals surface area contributed by atoms with E-state index in [1.807, 2.05) is 25.1 Å². The molecule has 0 aliphatic carbocycles. The Kier molecular flexibility index (Phi) is 4.31. The number of aryl methyl sites for hydroxylation is 2. The van der Waals surface area contributed by atoms with Crippen molar-refractivity contribution >= 4 is 11.6 Å². The number of methoxy groups -OCH3 is 1. The predicted molar refractivity (Wildman–Crippen MR) is 79.9 cm³/mol. The van der Waals surface area contributed by atoms with E-state index in [-0.39, 0.29) is 5.82 Å². The van der Waals surface area contributed by atoms with Crippen molar-refractivity contribution in [2.45, 2.75) is 19.9 Å². The molecule has 0 aliphatic rings. The van der Waals surface area contributed by atoms with E-state index in [1.54, 1.807) is 20.1 Å². The van der Waals surface area contributed by atoms with Crippen LogP contribution >= 0.6 is 11.6 Å². The van der Waals surface area contributed by atoms with Crippen LogP contribution < -0.4 is 10.5 Å². The Balaban J connectivity index is 2.46. The fourth-order valence-electron chi connectivity index (χ4n) is 2.13. The minimum absolute atomic E-state index is 0.326. The maximum Gasteiger partial charge on any atom is 0.127 e. The van der Waals surface area contributed by atoms with Gasteiger partial charge in [-0.3, -0.25) is 0 Å². The maximum absolute atomic E-state index is 13.5. The van der Waals surface area contributed by atoms with Gasteiger partial charge in [-0.05, 0) is 54.3 Å². The zero-order chi connectivity index (χ0) is 14.9. The van der Waals surface area contributed by atoms with Crippen molar-refractivity contribution < 1.29 is 9.13 Å². The van der Waals surface area contributed by atoms with E-state index in [0.29, 0.717) is 16.1 Å². The summed E-state index contributed by atoms with van der Waals surface area (Å²) in [6.45, 7) is 3.65.